The van der Waals surface area contributed by atoms with Crippen molar-refractivity contribution < 1.29 is 9.47 Å². The lowest BCUT2D eigenvalue weighted by Crippen LogP contribution is -1.94. The van der Waals surface area contributed by atoms with E-state index in [1.54, 1.807) is 14.2 Å². The number of hydrogen-bond donors (Lipinski definition) is 2. The molecule has 2 N–H and O–H groups in total. The molecule has 0 aliphatic rings. The molecule has 0 spiro atoms. The Labute approximate surface area is 216 Å². The van der Waals surface area contributed by atoms with Crippen LogP contribution in [0.3, 0.4) is 0 Å². The Balaban J connectivity index is 1.72. The molecular formula is C32H22N4O2. The van der Waals surface area contributed by atoms with Gasteiger partial charge in [0, 0.05) is 54.5 Å². The minimum Gasteiger partial charge on any atom is -0.497 e. The molecule has 0 bridgehead atoms. The average molecular weight is 495 g/mol. The van der Waals surface area contributed by atoms with Crippen molar-refractivity contribution in [1.82, 2.24) is 19.9 Å². The van der Waals surface area contributed by atoms with Gasteiger partial charge in [-0.25, -0.2) is 9.97 Å². The summed E-state index contributed by atoms with van der Waals surface area (Å²) in [5.74, 6) is 1.57. The lowest BCUT2D eigenvalue weighted by molar-refractivity contribution is 0.415. The molecule has 0 radical (unpaired) electrons. The fourth-order valence-electron chi connectivity index (χ4n) is 5.84. The molecule has 6 heteroatoms. The molecular weight excluding hydrogens is 472 g/mol. The highest BCUT2D eigenvalue weighted by Crippen LogP contribution is 2.47. The Bertz CT molecular complexity index is 2070. The summed E-state index contributed by atoms with van der Waals surface area (Å²) in [7, 11) is 3.39. The molecule has 6 nitrogen and oxygen atoms in total. The fraction of sp³-hybridized carbons (Fsp3) is 0.0625. The second-order valence-electron chi connectivity index (χ2n) is 9.53. The van der Waals surface area contributed by atoms with E-state index in [0.717, 1.165) is 88.3 Å². The number of aromatic amines is 2. The molecule has 0 fully saturated rings. The van der Waals surface area contributed by atoms with E-state index in [1.807, 2.05) is 36.4 Å². The zero-order valence-electron chi connectivity index (χ0n) is 20.8. The molecule has 4 heterocycles. The number of pyridine rings is 2. The lowest BCUT2D eigenvalue weighted by Gasteiger charge is -2.15. The summed E-state index contributed by atoms with van der Waals surface area (Å²) in [6.07, 6.45) is 0. The first kappa shape index (κ1) is 21.0. The van der Waals surface area contributed by atoms with E-state index < -0.39 is 0 Å². The van der Waals surface area contributed by atoms with E-state index in [0.29, 0.717) is 0 Å². The second-order valence-corrected chi connectivity index (χ2v) is 9.53. The van der Waals surface area contributed by atoms with Crippen LogP contribution >= 0.6 is 0 Å². The van der Waals surface area contributed by atoms with Crippen molar-refractivity contribution in [2.75, 3.05) is 14.2 Å². The summed E-state index contributed by atoms with van der Waals surface area (Å²) in [6, 6.07) is 28.9. The topological polar surface area (TPSA) is 75.8 Å². The molecule has 0 amide bonds. The number of methoxy groups -OCH3 is 2. The zero-order chi connectivity index (χ0) is 25.4. The SMILES string of the molecule is COc1ccc2nc3[nH]c4ccccc4c3c(-c3c4cc(OC)ccc4nc4[nH]c5ccccc5c34)c2c1. The molecule has 0 aliphatic carbocycles. The van der Waals surface area contributed by atoms with E-state index in [-0.39, 0.29) is 0 Å². The van der Waals surface area contributed by atoms with Gasteiger partial charge in [0.2, 0.25) is 0 Å². The van der Waals surface area contributed by atoms with Gasteiger partial charge in [-0.3, -0.25) is 0 Å². The number of nitrogens with one attached hydrogen (secondary N) is 2. The third-order valence-electron chi connectivity index (χ3n) is 7.53. The Morgan fingerprint density at radius 2 is 0.974 bits per heavy atom. The van der Waals surface area contributed by atoms with Crippen LogP contribution in [0.25, 0.3) is 76.8 Å². The molecule has 0 unspecified atom stereocenters. The van der Waals surface area contributed by atoms with Crippen LogP contribution in [0, 0.1) is 0 Å². The minimum atomic E-state index is 0.783. The number of nitrogens with zero attached hydrogens (tertiary/aromatic N) is 2. The summed E-state index contributed by atoms with van der Waals surface area (Å²) in [5.41, 5.74) is 7.75. The molecule has 182 valence electrons. The highest BCUT2D eigenvalue weighted by Gasteiger charge is 2.23. The third-order valence-corrected chi connectivity index (χ3v) is 7.53. The van der Waals surface area contributed by atoms with E-state index >= 15 is 0 Å². The Morgan fingerprint density at radius 1 is 0.526 bits per heavy atom. The summed E-state index contributed by atoms with van der Waals surface area (Å²) in [5, 5.41) is 6.42. The molecule has 0 atom stereocenters. The predicted octanol–water partition coefficient (Wildman–Crippen LogP) is 7.74. The van der Waals surface area contributed by atoms with Gasteiger partial charge in [0.05, 0.1) is 25.3 Å². The summed E-state index contributed by atoms with van der Waals surface area (Å²) in [6.45, 7) is 0. The van der Waals surface area contributed by atoms with E-state index in [1.165, 1.54) is 0 Å². The quantitative estimate of drug-likeness (QED) is 0.263. The Hall–Kier alpha value is -5.10. The van der Waals surface area contributed by atoms with Gasteiger partial charge in [0.25, 0.3) is 0 Å². The number of rotatable bonds is 3. The molecule has 0 saturated heterocycles. The molecule has 8 rings (SSSR count). The first-order chi connectivity index (χ1) is 18.7. The van der Waals surface area contributed by atoms with E-state index in [2.05, 4.69) is 58.5 Å². The van der Waals surface area contributed by atoms with Gasteiger partial charge in [-0.15, -0.1) is 0 Å². The van der Waals surface area contributed by atoms with Gasteiger partial charge in [-0.05, 0) is 48.5 Å². The average Bonchev–Trinajstić information content (AvgIpc) is 3.52. The first-order valence-electron chi connectivity index (χ1n) is 12.5. The maximum Gasteiger partial charge on any atom is 0.139 e. The van der Waals surface area contributed by atoms with Crippen LogP contribution in [0.4, 0.5) is 0 Å². The van der Waals surface area contributed by atoms with Crippen LogP contribution in [0.2, 0.25) is 0 Å². The Morgan fingerprint density at radius 3 is 1.42 bits per heavy atom. The smallest absolute Gasteiger partial charge is 0.139 e. The number of benzene rings is 4. The maximum atomic E-state index is 5.69. The zero-order valence-corrected chi connectivity index (χ0v) is 20.8. The third kappa shape index (κ3) is 2.82. The van der Waals surface area contributed by atoms with E-state index in [9.17, 15) is 0 Å². The maximum absolute atomic E-state index is 5.69. The molecule has 0 aliphatic heterocycles. The van der Waals surface area contributed by atoms with Crippen LogP contribution in [-0.2, 0) is 0 Å². The highest BCUT2D eigenvalue weighted by molar-refractivity contribution is 6.29. The molecule has 4 aromatic heterocycles. The highest BCUT2D eigenvalue weighted by atomic mass is 16.5. The predicted molar refractivity (Wildman–Crippen MR) is 154 cm³/mol. The van der Waals surface area contributed by atoms with Crippen molar-refractivity contribution >= 4 is 65.7 Å². The summed E-state index contributed by atoms with van der Waals surface area (Å²) in [4.78, 5) is 17.3. The van der Waals surface area contributed by atoms with Crippen molar-refractivity contribution in [3.8, 4) is 22.6 Å². The largest absolute Gasteiger partial charge is 0.497 e. The fourth-order valence-corrected chi connectivity index (χ4v) is 5.84. The molecule has 38 heavy (non-hydrogen) atoms. The van der Waals surface area contributed by atoms with Crippen LogP contribution in [0.5, 0.6) is 11.5 Å². The monoisotopic (exact) mass is 494 g/mol. The molecule has 4 aromatic carbocycles. The second kappa shape index (κ2) is 7.70. The number of fused-ring (bicyclic) bond motifs is 8. The van der Waals surface area contributed by atoms with Gasteiger partial charge in [0.15, 0.2) is 0 Å². The van der Waals surface area contributed by atoms with Gasteiger partial charge in [-0.2, -0.15) is 0 Å². The summed E-state index contributed by atoms with van der Waals surface area (Å²) >= 11 is 0. The van der Waals surface area contributed by atoms with E-state index in [4.69, 9.17) is 19.4 Å². The van der Waals surface area contributed by atoms with Crippen molar-refractivity contribution in [2.24, 2.45) is 0 Å². The Kier molecular flexibility index (Phi) is 4.26. The van der Waals surface area contributed by atoms with Crippen LogP contribution in [0.15, 0.2) is 84.9 Å². The van der Waals surface area contributed by atoms with Crippen molar-refractivity contribution in [3.63, 3.8) is 0 Å². The molecule has 8 aromatic rings. The van der Waals surface area contributed by atoms with Gasteiger partial charge in [0.1, 0.15) is 22.8 Å². The molecule has 0 saturated carbocycles. The number of H-pyrrole nitrogens is 2. The van der Waals surface area contributed by atoms with Crippen LogP contribution < -0.4 is 9.47 Å². The van der Waals surface area contributed by atoms with Crippen molar-refractivity contribution in [1.29, 1.82) is 0 Å². The minimum absolute atomic E-state index is 0.783. The number of para-hydroxylation sites is 2. The number of aromatic nitrogens is 4. The van der Waals surface area contributed by atoms with Gasteiger partial charge < -0.3 is 19.4 Å². The first-order valence-corrected chi connectivity index (χ1v) is 12.5. The normalized spacial score (nSPS) is 11.9. The van der Waals surface area contributed by atoms with Crippen molar-refractivity contribution in [3.05, 3.63) is 84.9 Å². The lowest BCUT2D eigenvalue weighted by atomic mass is 9.90. The summed E-state index contributed by atoms with van der Waals surface area (Å²) < 4.78 is 11.4. The van der Waals surface area contributed by atoms with Crippen molar-refractivity contribution in [2.45, 2.75) is 0 Å². The number of ether oxygens (including phenoxy) is 2. The van der Waals surface area contributed by atoms with Crippen LogP contribution in [-0.4, -0.2) is 34.2 Å². The van der Waals surface area contributed by atoms with Crippen LogP contribution in [0.1, 0.15) is 0 Å². The van der Waals surface area contributed by atoms with Gasteiger partial charge in [-0.1, -0.05) is 36.4 Å². The standard InChI is InChI=1S/C32H22N4O2/c1-37-17-11-13-25-21(15-17)27(29-19-7-3-5-9-23(19)33-31(29)35-25)28-22-16-18(38-2)12-14-26(22)36-32-30(28)20-8-4-6-10-24(20)34-32/h3-16H,1-2H3,(H,33,35)(H,34,36). The number of hydrogen-bond acceptors (Lipinski definition) is 4. The van der Waals surface area contributed by atoms with Gasteiger partial charge >= 0.3 is 0 Å².